The molecule has 2 aliphatic rings. The Morgan fingerprint density at radius 1 is 1.38 bits per heavy atom. The number of rotatable bonds is 1. The summed E-state index contributed by atoms with van der Waals surface area (Å²) in [5.41, 5.74) is 0. The van der Waals surface area contributed by atoms with Crippen LogP contribution in [0.3, 0.4) is 0 Å². The van der Waals surface area contributed by atoms with Crippen molar-refractivity contribution in [3.05, 3.63) is 0 Å². The van der Waals surface area contributed by atoms with E-state index in [9.17, 15) is 5.11 Å². The molecule has 1 aliphatic carbocycles. The van der Waals surface area contributed by atoms with Gasteiger partial charge in [-0.05, 0) is 18.8 Å². The van der Waals surface area contributed by atoms with Crippen LogP contribution in [0.1, 0.15) is 32.6 Å². The minimum Gasteiger partial charge on any atom is -0.389 e. The van der Waals surface area contributed by atoms with Crippen LogP contribution >= 0.6 is 0 Å². The second-order valence-corrected chi connectivity index (χ2v) is 4.47. The van der Waals surface area contributed by atoms with Gasteiger partial charge in [0.25, 0.3) is 0 Å². The van der Waals surface area contributed by atoms with E-state index >= 15 is 0 Å². The molecule has 0 spiro atoms. The van der Waals surface area contributed by atoms with Gasteiger partial charge >= 0.3 is 0 Å². The average molecular weight is 185 g/mol. The van der Waals surface area contributed by atoms with Crippen molar-refractivity contribution in [1.29, 1.82) is 0 Å². The van der Waals surface area contributed by atoms with Gasteiger partial charge < -0.3 is 5.11 Å². The Balaban J connectivity index is 1.85. The summed E-state index contributed by atoms with van der Waals surface area (Å²) in [5, 5.41) is 11.3. The molecule has 1 N–H and O–H groups in total. The van der Waals surface area contributed by atoms with Crippen LogP contribution in [0.2, 0.25) is 0 Å². The van der Waals surface area contributed by atoms with Crippen molar-refractivity contribution in [2.24, 2.45) is 5.92 Å². The summed E-state index contributed by atoms with van der Waals surface area (Å²) in [6.45, 7) is 3.50. The van der Waals surface area contributed by atoms with E-state index in [1.807, 2.05) is 5.06 Å². The summed E-state index contributed by atoms with van der Waals surface area (Å²) >= 11 is 0. The first-order chi connectivity index (χ1) is 6.25. The molecule has 0 aromatic rings. The van der Waals surface area contributed by atoms with E-state index in [0.717, 1.165) is 5.92 Å². The molecule has 2 rings (SSSR count). The minimum atomic E-state index is -0.266. The lowest BCUT2D eigenvalue weighted by Gasteiger charge is -2.32. The Morgan fingerprint density at radius 3 is 2.85 bits per heavy atom. The van der Waals surface area contributed by atoms with Gasteiger partial charge in [0.2, 0.25) is 0 Å². The standard InChI is InChI=1S/C10H19NO2/c1-8-3-2-4-9(5-8)11-6-10(12)7-13-11/h8-10,12H,2-7H2,1H3/t8?,9?,10-/m1/s1. The molecule has 1 aliphatic heterocycles. The SMILES string of the molecule is CC1CCCC(N2C[C@@H](O)CO2)C1. The summed E-state index contributed by atoms with van der Waals surface area (Å²) < 4.78 is 0. The van der Waals surface area contributed by atoms with Crippen molar-refractivity contribution in [1.82, 2.24) is 5.06 Å². The Hall–Kier alpha value is -0.120. The molecule has 1 saturated carbocycles. The Morgan fingerprint density at radius 2 is 2.23 bits per heavy atom. The Kier molecular flexibility index (Phi) is 2.86. The predicted octanol–water partition coefficient (Wildman–Crippen LogP) is 1.17. The molecule has 1 saturated heterocycles. The molecule has 0 aromatic heterocycles. The number of aliphatic hydroxyl groups excluding tert-OH is 1. The van der Waals surface area contributed by atoms with Crippen LogP contribution in [0.15, 0.2) is 0 Å². The second kappa shape index (κ2) is 3.95. The van der Waals surface area contributed by atoms with Crippen molar-refractivity contribution in [3.8, 4) is 0 Å². The number of hydrogen-bond acceptors (Lipinski definition) is 3. The maximum absolute atomic E-state index is 9.33. The molecular weight excluding hydrogens is 166 g/mol. The van der Waals surface area contributed by atoms with Gasteiger partial charge in [-0.2, -0.15) is 5.06 Å². The largest absolute Gasteiger partial charge is 0.389 e. The van der Waals surface area contributed by atoms with Gasteiger partial charge in [-0.1, -0.05) is 19.8 Å². The smallest absolute Gasteiger partial charge is 0.0958 e. The number of aliphatic hydroxyl groups is 1. The molecule has 2 fully saturated rings. The van der Waals surface area contributed by atoms with E-state index in [1.54, 1.807) is 0 Å². The first-order valence-electron chi connectivity index (χ1n) is 5.33. The van der Waals surface area contributed by atoms with Gasteiger partial charge in [0, 0.05) is 6.04 Å². The number of nitrogens with zero attached hydrogens (tertiary/aromatic N) is 1. The minimum absolute atomic E-state index is 0.266. The molecule has 3 atom stereocenters. The normalized spacial score (nSPS) is 42.5. The van der Waals surface area contributed by atoms with E-state index in [0.29, 0.717) is 19.2 Å². The van der Waals surface area contributed by atoms with E-state index < -0.39 is 0 Å². The fourth-order valence-corrected chi connectivity index (χ4v) is 2.41. The van der Waals surface area contributed by atoms with Gasteiger partial charge in [-0.15, -0.1) is 0 Å². The quantitative estimate of drug-likeness (QED) is 0.665. The van der Waals surface area contributed by atoms with Crippen LogP contribution in [0, 0.1) is 5.92 Å². The topological polar surface area (TPSA) is 32.7 Å². The predicted molar refractivity (Wildman–Crippen MR) is 50.1 cm³/mol. The summed E-state index contributed by atoms with van der Waals surface area (Å²) in [4.78, 5) is 5.44. The third kappa shape index (κ3) is 2.22. The van der Waals surface area contributed by atoms with E-state index in [4.69, 9.17) is 4.84 Å². The van der Waals surface area contributed by atoms with Crippen LogP contribution in [0.25, 0.3) is 0 Å². The highest BCUT2D eigenvalue weighted by Crippen LogP contribution is 2.28. The van der Waals surface area contributed by atoms with E-state index in [1.165, 1.54) is 25.7 Å². The van der Waals surface area contributed by atoms with Gasteiger partial charge in [-0.25, -0.2) is 0 Å². The molecule has 0 bridgehead atoms. The third-order valence-corrected chi connectivity index (χ3v) is 3.14. The lowest BCUT2D eigenvalue weighted by molar-refractivity contribution is -0.151. The second-order valence-electron chi connectivity index (χ2n) is 4.47. The number of hydrogen-bond donors (Lipinski definition) is 1. The van der Waals surface area contributed by atoms with E-state index in [-0.39, 0.29) is 6.10 Å². The van der Waals surface area contributed by atoms with Crippen molar-refractivity contribution in [3.63, 3.8) is 0 Å². The molecule has 2 unspecified atom stereocenters. The molecule has 0 radical (unpaired) electrons. The van der Waals surface area contributed by atoms with Crippen molar-refractivity contribution in [2.45, 2.75) is 44.8 Å². The highest BCUT2D eigenvalue weighted by atomic mass is 16.7. The molecule has 13 heavy (non-hydrogen) atoms. The van der Waals surface area contributed by atoms with Crippen LogP contribution in [0.4, 0.5) is 0 Å². The number of β-amino-alcohol motifs (C(OH)–C–C–N with tert-alkyl or cyclic N) is 1. The summed E-state index contributed by atoms with van der Waals surface area (Å²) in [5.74, 6) is 0.820. The number of hydroxylamine groups is 2. The van der Waals surface area contributed by atoms with Crippen molar-refractivity contribution < 1.29 is 9.94 Å². The lowest BCUT2D eigenvalue weighted by Crippen LogP contribution is -2.36. The highest BCUT2D eigenvalue weighted by Gasteiger charge is 2.30. The van der Waals surface area contributed by atoms with Crippen LogP contribution in [-0.2, 0) is 4.84 Å². The van der Waals surface area contributed by atoms with Gasteiger partial charge in [0.1, 0.15) is 0 Å². The van der Waals surface area contributed by atoms with Gasteiger partial charge in [0.15, 0.2) is 0 Å². The fourth-order valence-electron chi connectivity index (χ4n) is 2.41. The molecule has 3 heteroatoms. The van der Waals surface area contributed by atoms with E-state index in [2.05, 4.69) is 6.92 Å². The van der Waals surface area contributed by atoms with Crippen LogP contribution in [0.5, 0.6) is 0 Å². The van der Waals surface area contributed by atoms with Crippen LogP contribution in [-0.4, -0.2) is 35.5 Å². The average Bonchev–Trinajstić information content (AvgIpc) is 2.52. The Bertz CT molecular complexity index is 174. The molecule has 1 heterocycles. The zero-order chi connectivity index (χ0) is 9.26. The van der Waals surface area contributed by atoms with Crippen LogP contribution < -0.4 is 0 Å². The summed E-state index contributed by atoms with van der Waals surface area (Å²) in [6, 6.07) is 0.556. The molecule has 0 amide bonds. The summed E-state index contributed by atoms with van der Waals surface area (Å²) in [7, 11) is 0. The Labute approximate surface area is 79.6 Å². The van der Waals surface area contributed by atoms with Crippen molar-refractivity contribution >= 4 is 0 Å². The zero-order valence-corrected chi connectivity index (χ0v) is 8.28. The first-order valence-corrected chi connectivity index (χ1v) is 5.33. The molecule has 0 aromatic carbocycles. The monoisotopic (exact) mass is 185 g/mol. The maximum Gasteiger partial charge on any atom is 0.0958 e. The molecule has 3 nitrogen and oxygen atoms in total. The third-order valence-electron chi connectivity index (χ3n) is 3.14. The summed E-state index contributed by atoms with van der Waals surface area (Å²) in [6.07, 6.45) is 4.86. The van der Waals surface area contributed by atoms with Gasteiger partial charge in [0.05, 0.1) is 19.3 Å². The van der Waals surface area contributed by atoms with Gasteiger partial charge in [-0.3, -0.25) is 4.84 Å². The maximum atomic E-state index is 9.33. The highest BCUT2D eigenvalue weighted by molar-refractivity contribution is 4.78. The zero-order valence-electron chi connectivity index (χ0n) is 8.28. The lowest BCUT2D eigenvalue weighted by atomic mass is 9.87. The first kappa shape index (κ1) is 9.44. The molecular formula is C10H19NO2. The van der Waals surface area contributed by atoms with Crippen molar-refractivity contribution in [2.75, 3.05) is 13.2 Å². The fraction of sp³-hybridized carbons (Fsp3) is 1.00. The molecule has 76 valence electrons.